The first-order chi connectivity index (χ1) is 7.63. The Morgan fingerprint density at radius 2 is 2.06 bits per heavy atom. The minimum absolute atomic E-state index is 0.0497. The van der Waals surface area contributed by atoms with Gasteiger partial charge in [0.15, 0.2) is 12.9 Å². The number of hydrogen-bond donors (Lipinski definition) is 1. The lowest BCUT2D eigenvalue weighted by Crippen LogP contribution is -2.17. The van der Waals surface area contributed by atoms with Crippen LogP contribution in [-0.4, -0.2) is 44.5 Å². The fraction of sp³-hybridized carbons (Fsp3) is 0.750. The van der Waals surface area contributed by atoms with Gasteiger partial charge in [-0.1, -0.05) is 0 Å². The molecule has 1 N–H and O–H groups in total. The molecule has 0 atom stereocenters. The normalized spacial score (nSPS) is 11.6. The maximum atomic E-state index is 10.0. The van der Waals surface area contributed by atoms with Gasteiger partial charge in [-0.3, -0.25) is 4.58 Å². The minimum atomic E-state index is -1.68. The molecule has 94 valence electrons. The summed E-state index contributed by atoms with van der Waals surface area (Å²) >= 11 is 0. The van der Waals surface area contributed by atoms with Gasteiger partial charge in [-0.15, -0.1) is 0 Å². The number of carboxylic acid groups (broad SMARTS) is 1. The van der Waals surface area contributed by atoms with Gasteiger partial charge in [0, 0.05) is 27.1 Å². The number of methoxy groups -OCH3 is 2. The third kappa shape index (κ3) is 6.85. The molecule has 8 nitrogen and oxygen atoms in total. The topological polar surface area (TPSA) is 109 Å². The molecule has 0 aliphatic rings. The molecule has 0 aliphatic heterocycles. The Hall–Kier alpha value is -1.54. The Balaban J connectivity index is 3.67. The molecule has 0 aromatic carbocycles. The van der Waals surface area contributed by atoms with Crippen molar-refractivity contribution in [3.05, 3.63) is 0 Å². The molecule has 16 heavy (non-hydrogen) atoms. The Morgan fingerprint density at radius 3 is 2.50 bits per heavy atom. The van der Waals surface area contributed by atoms with E-state index in [0.717, 1.165) is 0 Å². The van der Waals surface area contributed by atoms with Gasteiger partial charge >= 0.3 is 12.3 Å². The van der Waals surface area contributed by atoms with E-state index in [0.29, 0.717) is 12.8 Å². The summed E-state index contributed by atoms with van der Waals surface area (Å²) in [5.74, 6) is 0. The molecule has 0 aliphatic carbocycles. The van der Waals surface area contributed by atoms with Crippen LogP contribution < -0.4 is 5.26 Å². The van der Waals surface area contributed by atoms with Crippen molar-refractivity contribution in [3.8, 4) is 0 Å². The Bertz CT molecular complexity index is 222. The lowest BCUT2D eigenvalue weighted by molar-refractivity contribution is -0.869. The van der Waals surface area contributed by atoms with Crippen molar-refractivity contribution >= 4 is 12.3 Å². The van der Waals surface area contributed by atoms with Crippen molar-refractivity contribution in [1.29, 1.82) is 0 Å². The van der Waals surface area contributed by atoms with Crippen molar-refractivity contribution in [1.82, 2.24) is 0 Å². The first-order valence-corrected chi connectivity index (χ1v) is 4.40. The number of carbonyl (C=O) groups excluding carboxylic acids is 1. The van der Waals surface area contributed by atoms with Gasteiger partial charge in [0.2, 0.25) is 0 Å². The van der Waals surface area contributed by atoms with E-state index in [1.165, 1.54) is 14.2 Å². The van der Waals surface area contributed by atoms with Crippen LogP contribution >= 0.6 is 0 Å². The number of carbonyl (C=O) groups is 1. The van der Waals surface area contributed by atoms with E-state index in [9.17, 15) is 10.1 Å². The summed E-state index contributed by atoms with van der Waals surface area (Å²) in [6, 6.07) is 0. The molecule has 0 heterocycles. The molecule has 0 unspecified atom stereocenters. The molecule has 0 saturated heterocycles. The van der Waals surface area contributed by atoms with E-state index in [4.69, 9.17) is 14.6 Å². The molecule has 0 radical (unpaired) electrons. The lowest BCUT2D eigenvalue weighted by atomic mass is 10.3. The van der Waals surface area contributed by atoms with Gasteiger partial charge in [-0.25, -0.2) is 4.74 Å². The molecule has 0 fully saturated rings. The summed E-state index contributed by atoms with van der Waals surface area (Å²) < 4.78 is 21.6. The Labute approximate surface area is 91.9 Å². The van der Waals surface area contributed by atoms with Crippen LogP contribution in [0.1, 0.15) is 12.8 Å². The zero-order valence-electron chi connectivity index (χ0n) is 9.00. The van der Waals surface area contributed by atoms with Gasteiger partial charge in [0.25, 0.3) is 0 Å². The number of ether oxygens (including phenoxy) is 4. The summed E-state index contributed by atoms with van der Waals surface area (Å²) in [7, 11) is 2.97. The van der Waals surface area contributed by atoms with Crippen LogP contribution in [0, 0.1) is 0 Å². The average Bonchev–Trinajstić information content (AvgIpc) is 2.27. The average molecular weight is 238 g/mol. The van der Waals surface area contributed by atoms with Gasteiger partial charge in [-0.05, 0) is 0 Å². The van der Waals surface area contributed by atoms with Crippen LogP contribution in [0.4, 0.5) is 9.37 Å². The molecule has 0 aromatic heterocycles. The van der Waals surface area contributed by atoms with Crippen molar-refractivity contribution in [2.75, 3.05) is 20.8 Å². The molecule has 0 saturated carbocycles. The molecule has 0 bridgehead atoms. The van der Waals surface area contributed by atoms with E-state index in [1.54, 1.807) is 0 Å². The predicted octanol–water partition coefficient (Wildman–Crippen LogP) is 0.0277. The smallest absolute Gasteiger partial charge is 0.628 e. The van der Waals surface area contributed by atoms with Crippen LogP contribution in [0.2, 0.25) is 0 Å². The zero-order valence-corrected chi connectivity index (χ0v) is 9.00. The molecular formula is C8H14O8. The highest BCUT2D eigenvalue weighted by molar-refractivity contribution is 5.75. The monoisotopic (exact) mass is 238 g/mol. The highest BCUT2D eigenvalue weighted by Gasteiger charge is 2.22. The van der Waals surface area contributed by atoms with Crippen molar-refractivity contribution < 1.29 is 38.7 Å². The second-order valence-corrected chi connectivity index (χ2v) is 2.59. The Morgan fingerprint density at radius 1 is 1.44 bits per heavy atom. The maximum Gasteiger partial charge on any atom is 0.735 e. The molecule has 0 amide bonds. The van der Waals surface area contributed by atoms with Gasteiger partial charge in [0.1, 0.15) is 0 Å². The summed E-state index contributed by atoms with van der Waals surface area (Å²) in [5.41, 5.74) is 0. The highest BCUT2D eigenvalue weighted by Crippen LogP contribution is 2.02. The Kier molecular flexibility index (Phi) is 7.90. The quantitative estimate of drug-likeness (QED) is 0.132. The van der Waals surface area contributed by atoms with Gasteiger partial charge in [0.05, 0.1) is 0 Å². The molecular weight excluding hydrogens is 224 g/mol. The second-order valence-electron chi connectivity index (χ2n) is 2.59. The number of hydrogen-bond acceptors (Lipinski definition) is 6. The van der Waals surface area contributed by atoms with Crippen LogP contribution in [0.25, 0.3) is 0 Å². The maximum absolute atomic E-state index is 10.0. The fourth-order valence-electron chi connectivity index (χ4n) is 0.879. The van der Waals surface area contributed by atoms with Crippen LogP contribution in [0.3, 0.4) is 0 Å². The highest BCUT2D eigenvalue weighted by atomic mass is 17.1. The van der Waals surface area contributed by atoms with Crippen LogP contribution in [0.15, 0.2) is 0 Å². The van der Waals surface area contributed by atoms with Crippen molar-refractivity contribution in [2.45, 2.75) is 19.1 Å². The third-order valence-electron chi connectivity index (χ3n) is 1.57. The first kappa shape index (κ1) is 14.5. The standard InChI is InChI=1S/C8H14O8/c1-12-6(13-2)4-3-5-14-8(16-11)15-7(9)10/h6H,3-5H2,1-2H3,(H,9,10). The summed E-state index contributed by atoms with van der Waals surface area (Å²) in [6.07, 6.45) is -2.01. The lowest BCUT2D eigenvalue weighted by Gasteiger charge is -2.11. The van der Waals surface area contributed by atoms with E-state index in [-0.39, 0.29) is 12.9 Å². The van der Waals surface area contributed by atoms with Gasteiger partial charge < -0.3 is 24.6 Å². The van der Waals surface area contributed by atoms with Crippen LogP contribution in [0.5, 0.6) is 0 Å². The van der Waals surface area contributed by atoms with E-state index in [2.05, 4.69) is 14.0 Å². The second kappa shape index (κ2) is 8.74. The van der Waals surface area contributed by atoms with Crippen LogP contribution in [-0.2, 0) is 18.9 Å². The zero-order chi connectivity index (χ0) is 12.4. The summed E-state index contributed by atoms with van der Waals surface area (Å²) in [5, 5.41) is 18.1. The van der Waals surface area contributed by atoms with Crippen molar-refractivity contribution in [3.63, 3.8) is 0 Å². The third-order valence-corrected chi connectivity index (χ3v) is 1.57. The first-order valence-electron chi connectivity index (χ1n) is 4.40. The molecule has 0 spiro atoms. The predicted molar refractivity (Wildman–Crippen MR) is 47.5 cm³/mol. The molecule has 8 heteroatoms. The van der Waals surface area contributed by atoms with E-state index >= 15 is 0 Å². The largest absolute Gasteiger partial charge is 0.735 e. The van der Waals surface area contributed by atoms with Crippen molar-refractivity contribution in [2.24, 2.45) is 0 Å². The summed E-state index contributed by atoms with van der Waals surface area (Å²) in [4.78, 5) is 10.0. The molecule has 0 rings (SSSR count). The van der Waals surface area contributed by atoms with E-state index in [1.807, 2.05) is 0 Å². The summed E-state index contributed by atoms with van der Waals surface area (Å²) in [6.45, 7) is 0.0497. The van der Waals surface area contributed by atoms with Gasteiger partial charge in [-0.2, -0.15) is 4.79 Å². The van der Waals surface area contributed by atoms with E-state index < -0.39 is 12.3 Å². The fourth-order valence-corrected chi connectivity index (χ4v) is 0.879. The molecule has 0 aromatic rings. The minimum Gasteiger partial charge on any atom is -0.628 e. The SMILES string of the molecule is COC(CCCOC(OC(=O)O)=[O+][O-])OC. The number of rotatable bonds is 6.